The van der Waals surface area contributed by atoms with Crippen LogP contribution in [-0.2, 0) is 14.0 Å². The third-order valence-electron chi connectivity index (χ3n) is 7.99. The highest BCUT2D eigenvalue weighted by Crippen LogP contribution is 2.70. The molecule has 0 heterocycles. The molecule has 0 aromatic carbocycles. The molecule has 0 radical (unpaired) electrons. The molecule has 3 nitrogen and oxygen atoms in total. The molecule has 0 spiro atoms. The first kappa shape index (κ1) is 23.0. The number of fused-ring (bicyclic) bond motifs is 1. The molecule has 2 aliphatic carbocycles. The van der Waals surface area contributed by atoms with Gasteiger partial charge in [0.05, 0.1) is 0 Å². The molecule has 4 heteroatoms. The average Bonchev–Trinajstić information content (AvgIpc) is 3.09. The molecule has 0 aromatic heterocycles. The van der Waals surface area contributed by atoms with E-state index in [1.54, 1.807) is 0 Å². The number of esters is 1. The lowest BCUT2D eigenvalue weighted by Gasteiger charge is -2.49. The Hall–Kier alpha value is -1.31. The zero-order valence-electron chi connectivity index (χ0n) is 18.6. The van der Waals surface area contributed by atoms with E-state index in [9.17, 15) is 4.79 Å². The molecule has 0 amide bonds. The minimum absolute atomic E-state index is 0.131. The van der Waals surface area contributed by atoms with Crippen molar-refractivity contribution in [2.75, 3.05) is 6.61 Å². The molecular formula is C24H38O3Si. The molecule has 0 aliphatic heterocycles. The Morgan fingerprint density at radius 1 is 1.29 bits per heavy atom. The van der Waals surface area contributed by atoms with Gasteiger partial charge in [0, 0.05) is 24.4 Å². The highest BCUT2D eigenvalue weighted by molar-refractivity contribution is 6.74. The van der Waals surface area contributed by atoms with Gasteiger partial charge in [-0.05, 0) is 49.2 Å². The van der Waals surface area contributed by atoms with Crippen molar-refractivity contribution in [3.8, 4) is 12.3 Å². The predicted molar refractivity (Wildman–Crippen MR) is 118 cm³/mol. The van der Waals surface area contributed by atoms with E-state index in [4.69, 9.17) is 15.6 Å². The van der Waals surface area contributed by atoms with E-state index in [1.165, 1.54) is 6.92 Å². The molecule has 2 aliphatic rings. The maximum atomic E-state index is 11.9. The summed E-state index contributed by atoms with van der Waals surface area (Å²) in [4.78, 5) is 11.9. The number of carbonyl (C=O) groups is 1. The molecule has 0 N–H and O–H groups in total. The van der Waals surface area contributed by atoms with Crippen LogP contribution in [0.1, 0.15) is 53.4 Å². The van der Waals surface area contributed by atoms with Gasteiger partial charge in [-0.15, -0.1) is 19.6 Å². The minimum atomic E-state index is -1.94. The Bertz CT molecular complexity index is 668. The summed E-state index contributed by atoms with van der Waals surface area (Å²) in [5.74, 6) is 2.96. The van der Waals surface area contributed by atoms with E-state index in [0.717, 1.165) is 25.7 Å². The molecule has 156 valence electrons. The SMILES string of the molecule is C#C[C@H](OC(C)=O)C12CCCC1(CO[Si](C)(C)C(C)(C)C)C(C=C)C[C@@H]2C=C. The number of allylic oxidation sites excluding steroid dienone is 2. The third kappa shape index (κ3) is 3.41. The Morgan fingerprint density at radius 2 is 1.89 bits per heavy atom. The summed E-state index contributed by atoms with van der Waals surface area (Å²) in [5.41, 5.74) is -0.508. The minimum Gasteiger partial charge on any atom is -0.449 e. The van der Waals surface area contributed by atoms with Gasteiger partial charge < -0.3 is 9.16 Å². The summed E-state index contributed by atoms with van der Waals surface area (Å²) in [6.45, 7) is 21.7. The van der Waals surface area contributed by atoms with Crippen LogP contribution in [0.2, 0.25) is 18.1 Å². The third-order valence-corrected chi connectivity index (χ3v) is 12.5. The van der Waals surface area contributed by atoms with E-state index in [-0.39, 0.29) is 33.7 Å². The number of ether oxygens (including phenoxy) is 1. The van der Waals surface area contributed by atoms with Crippen LogP contribution in [0.5, 0.6) is 0 Å². The number of hydrogen-bond donors (Lipinski definition) is 0. The lowest BCUT2D eigenvalue weighted by atomic mass is 9.59. The monoisotopic (exact) mass is 402 g/mol. The van der Waals surface area contributed by atoms with E-state index in [0.29, 0.717) is 6.61 Å². The van der Waals surface area contributed by atoms with Crippen molar-refractivity contribution in [1.82, 2.24) is 0 Å². The fourth-order valence-corrected chi connectivity index (χ4v) is 6.53. The number of rotatable bonds is 7. The molecule has 28 heavy (non-hydrogen) atoms. The second kappa shape index (κ2) is 7.84. The Balaban J connectivity index is 2.55. The maximum absolute atomic E-state index is 11.9. The number of terminal acetylenes is 1. The van der Waals surface area contributed by atoms with Crippen molar-refractivity contribution in [2.24, 2.45) is 22.7 Å². The molecule has 0 saturated heterocycles. The molecule has 5 atom stereocenters. The van der Waals surface area contributed by atoms with Crippen molar-refractivity contribution in [1.29, 1.82) is 0 Å². The smallest absolute Gasteiger partial charge is 0.303 e. The Morgan fingerprint density at radius 3 is 2.36 bits per heavy atom. The van der Waals surface area contributed by atoms with E-state index in [1.807, 2.05) is 6.08 Å². The fourth-order valence-electron chi connectivity index (χ4n) is 5.48. The Labute approximate surface area is 173 Å². The van der Waals surface area contributed by atoms with Crippen LogP contribution in [0.25, 0.3) is 0 Å². The van der Waals surface area contributed by atoms with Gasteiger partial charge in [0.15, 0.2) is 14.4 Å². The van der Waals surface area contributed by atoms with Crippen LogP contribution in [0, 0.1) is 35.0 Å². The van der Waals surface area contributed by atoms with E-state index >= 15 is 0 Å². The van der Waals surface area contributed by atoms with Crippen molar-refractivity contribution < 1.29 is 14.0 Å². The van der Waals surface area contributed by atoms with E-state index < -0.39 is 14.4 Å². The van der Waals surface area contributed by atoms with Crippen molar-refractivity contribution in [2.45, 2.75) is 77.6 Å². The second-order valence-electron chi connectivity index (χ2n) is 10.2. The molecule has 0 aromatic rings. The largest absolute Gasteiger partial charge is 0.449 e. The van der Waals surface area contributed by atoms with Crippen molar-refractivity contribution in [3.63, 3.8) is 0 Å². The summed E-state index contributed by atoms with van der Waals surface area (Å²) in [5, 5.41) is 0.131. The highest BCUT2D eigenvalue weighted by atomic mass is 28.4. The molecule has 2 saturated carbocycles. The Kier molecular flexibility index (Phi) is 6.43. The first-order valence-corrected chi connectivity index (χ1v) is 13.3. The summed E-state index contributed by atoms with van der Waals surface area (Å²) in [6, 6.07) is 0. The first-order chi connectivity index (χ1) is 12.9. The molecular weight excluding hydrogens is 364 g/mol. The van der Waals surface area contributed by atoms with Gasteiger partial charge in [-0.3, -0.25) is 4.79 Å². The summed E-state index contributed by atoms with van der Waals surface area (Å²) < 4.78 is 12.5. The van der Waals surface area contributed by atoms with Gasteiger partial charge in [-0.25, -0.2) is 0 Å². The fraction of sp³-hybridized carbons (Fsp3) is 0.708. The van der Waals surface area contributed by atoms with Gasteiger partial charge in [-0.2, -0.15) is 0 Å². The molecule has 0 bridgehead atoms. The van der Waals surface area contributed by atoms with Crippen LogP contribution >= 0.6 is 0 Å². The van der Waals surface area contributed by atoms with Crippen LogP contribution in [0.4, 0.5) is 0 Å². The van der Waals surface area contributed by atoms with Gasteiger partial charge >= 0.3 is 5.97 Å². The highest BCUT2D eigenvalue weighted by Gasteiger charge is 2.69. The molecule has 3 unspecified atom stereocenters. The van der Waals surface area contributed by atoms with Gasteiger partial charge in [0.1, 0.15) is 0 Å². The van der Waals surface area contributed by atoms with Crippen LogP contribution in [0.15, 0.2) is 25.3 Å². The van der Waals surface area contributed by atoms with Gasteiger partial charge in [-0.1, -0.05) is 45.3 Å². The lowest BCUT2D eigenvalue weighted by molar-refractivity contribution is -0.156. The van der Waals surface area contributed by atoms with Crippen molar-refractivity contribution in [3.05, 3.63) is 25.3 Å². The van der Waals surface area contributed by atoms with E-state index in [2.05, 4.69) is 59.0 Å². The summed E-state index contributed by atoms with van der Waals surface area (Å²) in [6.07, 6.45) is 13.4. The topological polar surface area (TPSA) is 35.5 Å². The van der Waals surface area contributed by atoms with Gasteiger partial charge in [0.2, 0.25) is 0 Å². The van der Waals surface area contributed by atoms with Gasteiger partial charge in [0.25, 0.3) is 0 Å². The normalized spacial score (nSPS) is 33.6. The maximum Gasteiger partial charge on any atom is 0.303 e. The number of hydrogen-bond acceptors (Lipinski definition) is 3. The standard InChI is InChI=1S/C24H38O3Si/c1-10-19-16-20(11-2)24(21(12-3)27-18(4)25)15-13-14-23(19,24)17-26-28(8,9)22(5,6)7/h3,10-11,19-21H,1-2,13-17H2,4-9H3/t19?,20-,21-,23?,24?/m0/s1. The zero-order chi connectivity index (χ0) is 21.4. The zero-order valence-corrected chi connectivity index (χ0v) is 19.6. The van der Waals surface area contributed by atoms with Crippen LogP contribution < -0.4 is 0 Å². The average molecular weight is 403 g/mol. The number of carbonyl (C=O) groups excluding carboxylic acids is 1. The van der Waals surface area contributed by atoms with Crippen molar-refractivity contribution >= 4 is 14.3 Å². The quantitative estimate of drug-likeness (QED) is 0.236. The second-order valence-corrected chi connectivity index (χ2v) is 15.0. The lowest BCUT2D eigenvalue weighted by Crippen LogP contribution is -2.53. The summed E-state index contributed by atoms with van der Waals surface area (Å²) >= 11 is 0. The predicted octanol–water partition coefficient (Wildman–Crippen LogP) is 5.74. The summed E-state index contributed by atoms with van der Waals surface area (Å²) in [7, 11) is -1.94. The first-order valence-electron chi connectivity index (χ1n) is 10.4. The molecule has 2 rings (SSSR count). The van der Waals surface area contributed by atoms with Crippen LogP contribution in [0.3, 0.4) is 0 Å². The molecule has 2 fully saturated rings. The van der Waals surface area contributed by atoms with Crippen LogP contribution in [-0.4, -0.2) is 27.0 Å².